The second-order valence-corrected chi connectivity index (χ2v) is 18.3. The summed E-state index contributed by atoms with van der Waals surface area (Å²) in [4.78, 5) is 59.7. The fraction of sp³-hybridized carbons (Fsp3) is 0.714. The molecule has 1 fully saturated rings. The minimum absolute atomic E-state index is 0.0507. The van der Waals surface area contributed by atoms with Gasteiger partial charge in [0.1, 0.15) is 5.84 Å². The monoisotopic (exact) mass is 731 g/mol. The molecular weight excluding hydrogens is 702 g/mol. The molecule has 1 aliphatic rings. The van der Waals surface area contributed by atoms with E-state index in [2.05, 4.69) is 41.5 Å². The van der Waals surface area contributed by atoms with Crippen LogP contribution in [0.2, 0.25) is 0 Å². The molecule has 0 aromatic rings. The van der Waals surface area contributed by atoms with Gasteiger partial charge in [0.05, 0.1) is 2.75 Å². The second kappa shape index (κ2) is 14.8. The molecule has 0 spiro atoms. The first kappa shape index (κ1) is 34.6. The first-order chi connectivity index (χ1) is 16.3. The quantitative estimate of drug-likeness (QED) is 0.0185. The van der Waals surface area contributed by atoms with E-state index in [1.165, 1.54) is 30.0 Å². The molecule has 1 aliphatic heterocycles. The van der Waals surface area contributed by atoms with Crippen LogP contribution in [0.25, 0.3) is 0 Å². The van der Waals surface area contributed by atoms with Crippen LogP contribution in [0.3, 0.4) is 0 Å². The first-order valence-corrected chi connectivity index (χ1v) is 17.8. The average molecular weight is 731 g/mol. The molecule has 1 saturated heterocycles. The molecule has 0 aromatic heterocycles. The summed E-state index contributed by atoms with van der Waals surface area (Å²) in [6, 6.07) is 0. The number of amides is 1. The van der Waals surface area contributed by atoms with E-state index in [1.807, 2.05) is 13.8 Å². The zero-order valence-corrected chi connectivity index (χ0v) is 25.7. The second-order valence-electron chi connectivity index (χ2n) is 7.32. The number of halogens is 1. The first-order valence-electron chi connectivity index (χ1n) is 9.70. The van der Waals surface area contributed by atoms with E-state index in [9.17, 15) is 23.7 Å². The number of carbonyl (C=O) groups is 1. The number of ether oxygens (including phenoxy) is 2. The van der Waals surface area contributed by atoms with Crippen molar-refractivity contribution in [3.63, 3.8) is 0 Å². The van der Waals surface area contributed by atoms with Crippen LogP contribution in [-0.2, 0) is 36.5 Å². The SMILES string of the molecule is CC(=O)/N=C(N)\C=C/N[C@H]1C[C@@H](OCSSC(C)(C)I)[C@@H](COP(=O)(O)OP(=O)(O)O[PH](O)(O)O)O1. The van der Waals surface area contributed by atoms with Crippen molar-refractivity contribution < 1.29 is 61.0 Å². The number of nitrogens with one attached hydrogen (secondary N) is 1. The normalized spacial score (nSPS) is 25.5. The topological polar surface area (TPSA) is 249 Å². The summed E-state index contributed by atoms with van der Waals surface area (Å²) in [5, 5.41) is 2.85. The molecule has 8 N–H and O–H groups in total. The maximum atomic E-state index is 12.0. The van der Waals surface area contributed by atoms with E-state index in [-0.39, 0.29) is 20.9 Å². The van der Waals surface area contributed by atoms with E-state index in [1.54, 1.807) is 10.8 Å². The van der Waals surface area contributed by atoms with Gasteiger partial charge in [-0.15, -0.1) is 0 Å². The Morgan fingerprint density at radius 3 is 2.53 bits per heavy atom. The Labute approximate surface area is 229 Å². The van der Waals surface area contributed by atoms with Crippen molar-refractivity contribution in [3.05, 3.63) is 12.3 Å². The zero-order chi connectivity index (χ0) is 27.8. The number of carbonyl (C=O) groups excluding carboxylic acids is 1. The summed E-state index contributed by atoms with van der Waals surface area (Å²) in [5.41, 5.74) is 5.55. The average Bonchev–Trinajstić information content (AvgIpc) is 3.01. The molecule has 1 rings (SSSR count). The summed E-state index contributed by atoms with van der Waals surface area (Å²) in [5.74, 6) is -0.306. The molecule has 0 bridgehead atoms. The third-order valence-electron chi connectivity index (χ3n) is 3.46. The van der Waals surface area contributed by atoms with Crippen LogP contribution in [0, 0.1) is 0 Å². The molecule has 1 heterocycles. The van der Waals surface area contributed by atoms with Gasteiger partial charge in [-0.2, -0.15) is 4.99 Å². The summed E-state index contributed by atoms with van der Waals surface area (Å²) in [6.45, 7) is 4.60. The van der Waals surface area contributed by atoms with Gasteiger partial charge < -0.3 is 5.73 Å². The van der Waals surface area contributed by atoms with Gasteiger partial charge in [-0.1, -0.05) is 22.6 Å². The van der Waals surface area contributed by atoms with Crippen LogP contribution < -0.4 is 11.1 Å². The van der Waals surface area contributed by atoms with Crippen molar-refractivity contribution in [1.82, 2.24) is 5.32 Å². The van der Waals surface area contributed by atoms with Crippen molar-refractivity contribution in [3.8, 4) is 0 Å². The third kappa shape index (κ3) is 16.5. The van der Waals surface area contributed by atoms with Gasteiger partial charge in [-0.3, -0.25) is 4.79 Å². The van der Waals surface area contributed by atoms with Gasteiger partial charge in [0.25, 0.3) is 0 Å². The van der Waals surface area contributed by atoms with Crippen LogP contribution in [0.1, 0.15) is 27.2 Å². The van der Waals surface area contributed by atoms with Crippen LogP contribution in [0.5, 0.6) is 0 Å². The number of phosphoric acid groups is 2. The maximum absolute atomic E-state index is 12.0. The van der Waals surface area contributed by atoms with Gasteiger partial charge in [-0.25, -0.2) is 0 Å². The van der Waals surface area contributed by atoms with Crippen molar-refractivity contribution in [2.24, 2.45) is 10.7 Å². The molecule has 0 saturated carbocycles. The zero-order valence-electron chi connectivity index (χ0n) is 19.1. The van der Waals surface area contributed by atoms with Gasteiger partial charge in [-0.05, 0) is 13.8 Å². The van der Waals surface area contributed by atoms with Gasteiger partial charge in [0.15, 0.2) is 0 Å². The third-order valence-corrected chi connectivity index (χ3v) is 11.7. The molecular formula is C14H29IN3O13P3S2. The molecule has 22 heteroatoms. The Morgan fingerprint density at radius 1 is 1.33 bits per heavy atom. The van der Waals surface area contributed by atoms with E-state index in [0.717, 1.165) is 0 Å². The van der Waals surface area contributed by atoms with Crippen molar-refractivity contribution in [2.45, 2.75) is 48.4 Å². The van der Waals surface area contributed by atoms with E-state index < -0.39 is 54.8 Å². The van der Waals surface area contributed by atoms with Crippen LogP contribution >= 0.6 is 68.0 Å². The van der Waals surface area contributed by atoms with Gasteiger partial charge in [0.2, 0.25) is 5.91 Å². The fourth-order valence-electron chi connectivity index (χ4n) is 2.38. The standard InChI is InChI=1S/C14H29IN3O13P3S2/c1-9(19)18-12(16)4-5-17-13-6-10(27-8-35-36-14(2,3)15)11(29-13)7-28-33(23,24)31-34(25,26)30-32(20,21)22/h4-5,10-11,13,17,20-22,32H,6-8H2,1-3H3,(H,23,24)(H,25,26)(H2,16,18,19)/b5-4-/t10-,11-,13-/m1/s1. The van der Waals surface area contributed by atoms with Crippen LogP contribution in [-0.4, -0.2) is 69.9 Å². The molecule has 5 atom stereocenters. The molecule has 2 unspecified atom stereocenters. The van der Waals surface area contributed by atoms with Gasteiger partial charge in [0, 0.05) is 6.92 Å². The Hall–Kier alpha value is 0.600. The summed E-state index contributed by atoms with van der Waals surface area (Å²) < 4.78 is 47.3. The summed E-state index contributed by atoms with van der Waals surface area (Å²) in [7, 11) is -13.4. The molecule has 36 heavy (non-hydrogen) atoms. The van der Waals surface area contributed by atoms with Crippen LogP contribution in [0.15, 0.2) is 17.3 Å². The number of rotatable bonds is 15. The van der Waals surface area contributed by atoms with E-state index >= 15 is 0 Å². The minimum atomic E-state index is -5.57. The Kier molecular flexibility index (Phi) is 14.3. The number of nitrogens with zero attached hydrogens (tertiary/aromatic N) is 1. The van der Waals surface area contributed by atoms with E-state index in [0.29, 0.717) is 0 Å². The number of hydrogen-bond acceptors (Lipinski definition) is 14. The number of alkyl halides is 1. The Bertz CT molecular complexity index is 901. The van der Waals surface area contributed by atoms with Gasteiger partial charge >= 0.3 is 157 Å². The molecule has 0 radical (unpaired) electrons. The number of amidine groups is 1. The fourth-order valence-corrected chi connectivity index (χ4v) is 8.47. The predicted octanol–water partition coefficient (Wildman–Crippen LogP) is 1.64. The molecule has 16 nitrogen and oxygen atoms in total. The Balaban J connectivity index is 2.78. The number of aliphatic imine (C=N–C) groups is 1. The predicted molar refractivity (Wildman–Crippen MR) is 144 cm³/mol. The molecule has 212 valence electrons. The summed E-state index contributed by atoms with van der Waals surface area (Å²) in [6.07, 6.45) is 0.647. The van der Waals surface area contributed by atoms with Crippen molar-refractivity contribution >= 4 is 79.7 Å². The number of nitrogens with two attached hydrogens (primary N) is 1. The molecule has 0 aliphatic carbocycles. The van der Waals surface area contributed by atoms with Crippen molar-refractivity contribution in [1.29, 1.82) is 0 Å². The van der Waals surface area contributed by atoms with Crippen molar-refractivity contribution in [2.75, 3.05) is 12.5 Å². The number of hydrogen-bond donors (Lipinski definition) is 7. The van der Waals surface area contributed by atoms with Crippen LogP contribution in [0.4, 0.5) is 0 Å². The molecule has 0 aromatic carbocycles. The Morgan fingerprint density at radius 2 is 1.97 bits per heavy atom. The number of phosphoric ester groups is 1. The van der Waals surface area contributed by atoms with E-state index in [4.69, 9.17) is 34.4 Å². The summed E-state index contributed by atoms with van der Waals surface area (Å²) >= 11 is 2.25. The molecule has 1 amide bonds.